The van der Waals surface area contributed by atoms with E-state index in [2.05, 4.69) is 6.92 Å². The van der Waals surface area contributed by atoms with Gasteiger partial charge >= 0.3 is 5.97 Å². The van der Waals surface area contributed by atoms with Crippen molar-refractivity contribution < 1.29 is 33.8 Å². The second kappa shape index (κ2) is 22.1. The number of aliphatic hydroxyl groups excluding tert-OH is 1. The van der Waals surface area contributed by atoms with Crippen molar-refractivity contribution in [3.05, 3.63) is 0 Å². The van der Waals surface area contributed by atoms with Crippen molar-refractivity contribution in [2.24, 2.45) is 0 Å². The van der Waals surface area contributed by atoms with Gasteiger partial charge in [-0.2, -0.15) is 0 Å². The first-order valence-electron chi connectivity index (χ1n) is 14.1. The number of hydrogen-bond acceptors (Lipinski definition) is 6. The summed E-state index contributed by atoms with van der Waals surface area (Å²) in [6.45, 7) is 2.36. The number of aliphatic hydroxyl groups is 1. The molecular formula is C28H55NO6. The Bertz CT molecular complexity index is 520. The summed E-state index contributed by atoms with van der Waals surface area (Å²) in [5.74, 6) is -1.41. The molecule has 0 radical (unpaired) electrons. The van der Waals surface area contributed by atoms with Crippen molar-refractivity contribution in [3.8, 4) is 0 Å². The molecule has 0 heterocycles. The molecule has 1 unspecified atom stereocenters. The third-order valence-electron chi connectivity index (χ3n) is 6.47. The first kappa shape index (κ1) is 33.8. The molecule has 7 nitrogen and oxygen atoms in total. The maximum atomic E-state index is 11.8. The fourth-order valence-electron chi connectivity index (χ4n) is 4.19. The van der Waals surface area contributed by atoms with E-state index in [1.54, 1.807) is 21.1 Å². The average molecular weight is 502 g/mol. The van der Waals surface area contributed by atoms with Gasteiger partial charge in [0.1, 0.15) is 18.8 Å². The number of nitrogens with zero attached hydrogens (tertiary/aromatic N) is 1. The fraction of sp³-hybridized carbons (Fsp3) is 0.929. The molecule has 0 amide bonds. The third kappa shape index (κ3) is 21.8. The van der Waals surface area contributed by atoms with Crippen LogP contribution in [0.1, 0.15) is 116 Å². The van der Waals surface area contributed by atoms with E-state index in [-0.39, 0.29) is 36.7 Å². The Morgan fingerprint density at radius 3 is 1.66 bits per heavy atom. The van der Waals surface area contributed by atoms with Gasteiger partial charge in [-0.15, -0.1) is 0 Å². The second-order valence-corrected chi connectivity index (χ2v) is 10.9. The van der Waals surface area contributed by atoms with Crippen LogP contribution in [0.25, 0.3) is 0 Å². The molecule has 0 bridgehead atoms. The van der Waals surface area contributed by atoms with E-state index in [9.17, 15) is 19.8 Å². The molecule has 0 saturated carbocycles. The normalized spacial score (nSPS) is 13.5. The van der Waals surface area contributed by atoms with Crippen LogP contribution >= 0.6 is 0 Å². The zero-order valence-electron chi connectivity index (χ0n) is 23.2. The van der Waals surface area contributed by atoms with E-state index in [0.717, 1.165) is 19.3 Å². The lowest BCUT2D eigenvalue weighted by Gasteiger charge is -2.34. The molecule has 0 fully saturated rings. The third-order valence-corrected chi connectivity index (χ3v) is 6.47. The monoisotopic (exact) mass is 501 g/mol. The summed E-state index contributed by atoms with van der Waals surface area (Å²) in [6, 6.07) is -0.681. The van der Waals surface area contributed by atoms with Gasteiger partial charge in [0.25, 0.3) is 0 Å². The molecule has 35 heavy (non-hydrogen) atoms. The van der Waals surface area contributed by atoms with Crippen LogP contribution in [0, 0.1) is 0 Å². The first-order chi connectivity index (χ1) is 16.7. The summed E-state index contributed by atoms with van der Waals surface area (Å²) < 4.78 is 10.7. The topological polar surface area (TPSA) is 95.9 Å². The minimum Gasteiger partial charge on any atom is -0.544 e. The zero-order valence-corrected chi connectivity index (χ0v) is 23.2. The highest BCUT2D eigenvalue weighted by atomic mass is 16.5. The number of esters is 1. The Labute approximate surface area is 215 Å². The SMILES string of the molecule is CCCCCCCCCCCCCCCCCC(=O)OC[C@@H](O)COCCC(C(=O)[O-])[N+](C)(C)C. The summed E-state index contributed by atoms with van der Waals surface area (Å²) in [7, 11) is 5.36. The van der Waals surface area contributed by atoms with E-state index in [4.69, 9.17) is 9.47 Å². The number of carboxylic acids is 1. The molecular weight excluding hydrogens is 446 g/mol. The molecule has 7 heteroatoms. The highest BCUT2D eigenvalue weighted by molar-refractivity contribution is 5.69. The van der Waals surface area contributed by atoms with Gasteiger partial charge in [0.2, 0.25) is 0 Å². The summed E-state index contributed by atoms with van der Waals surface area (Å²) >= 11 is 0. The van der Waals surface area contributed by atoms with Crippen LogP contribution in [0.15, 0.2) is 0 Å². The van der Waals surface area contributed by atoms with Crippen molar-refractivity contribution in [1.82, 2.24) is 0 Å². The van der Waals surface area contributed by atoms with Crippen molar-refractivity contribution in [2.45, 2.75) is 128 Å². The number of hydrogen-bond donors (Lipinski definition) is 1. The molecule has 0 aliphatic carbocycles. The van der Waals surface area contributed by atoms with Crippen molar-refractivity contribution >= 4 is 11.9 Å². The van der Waals surface area contributed by atoms with Crippen LogP contribution in [0.4, 0.5) is 0 Å². The Morgan fingerprint density at radius 1 is 0.771 bits per heavy atom. The molecule has 2 atom stereocenters. The highest BCUT2D eigenvalue weighted by Gasteiger charge is 2.24. The van der Waals surface area contributed by atoms with Crippen molar-refractivity contribution in [2.75, 3.05) is 41.0 Å². The molecule has 0 aliphatic rings. The summed E-state index contributed by atoms with van der Waals surface area (Å²) in [4.78, 5) is 23.0. The molecule has 208 valence electrons. The van der Waals surface area contributed by atoms with E-state index in [1.807, 2.05) is 0 Å². The number of ether oxygens (including phenoxy) is 2. The van der Waals surface area contributed by atoms with Crippen LogP contribution in [0.3, 0.4) is 0 Å². The number of unbranched alkanes of at least 4 members (excludes halogenated alkanes) is 14. The van der Waals surface area contributed by atoms with Crippen LogP contribution in [0.5, 0.6) is 0 Å². The number of quaternary nitrogens is 1. The van der Waals surface area contributed by atoms with E-state index < -0.39 is 18.1 Å². The molecule has 0 aromatic carbocycles. The number of carbonyl (C=O) groups is 2. The van der Waals surface area contributed by atoms with Crippen LogP contribution in [0.2, 0.25) is 0 Å². The zero-order chi connectivity index (χ0) is 26.4. The van der Waals surface area contributed by atoms with Gasteiger partial charge in [0.15, 0.2) is 0 Å². The Morgan fingerprint density at radius 2 is 1.23 bits per heavy atom. The predicted octanol–water partition coefficient (Wildman–Crippen LogP) is 4.38. The predicted molar refractivity (Wildman–Crippen MR) is 139 cm³/mol. The van der Waals surface area contributed by atoms with Crippen LogP contribution < -0.4 is 5.11 Å². The Kier molecular flexibility index (Phi) is 21.3. The molecule has 0 aromatic rings. The molecule has 0 rings (SSSR count). The quantitative estimate of drug-likeness (QED) is 0.113. The molecule has 0 aromatic heterocycles. The molecule has 1 N–H and O–H groups in total. The number of likely N-dealkylation sites (N-methyl/N-ethyl adjacent to an activating group) is 1. The lowest BCUT2D eigenvalue weighted by molar-refractivity contribution is -0.889. The van der Waals surface area contributed by atoms with Crippen LogP contribution in [-0.2, 0) is 19.1 Å². The minimum atomic E-state index is -1.12. The van der Waals surface area contributed by atoms with Gasteiger partial charge < -0.3 is 29.0 Å². The summed E-state index contributed by atoms with van der Waals surface area (Å²) in [6.07, 6.45) is 19.0. The minimum absolute atomic E-state index is 0.00312. The van der Waals surface area contributed by atoms with E-state index in [1.165, 1.54) is 77.0 Å². The smallest absolute Gasteiger partial charge is 0.305 e. The second-order valence-electron chi connectivity index (χ2n) is 10.9. The Balaban J connectivity index is 3.50. The summed E-state index contributed by atoms with van der Waals surface area (Å²) in [5, 5.41) is 21.1. The molecule has 0 saturated heterocycles. The number of rotatable bonds is 25. The lowest BCUT2D eigenvalue weighted by atomic mass is 10.0. The van der Waals surface area contributed by atoms with Gasteiger partial charge in [-0.05, 0) is 6.42 Å². The van der Waals surface area contributed by atoms with Crippen LogP contribution in [-0.4, -0.2) is 74.6 Å². The Hall–Kier alpha value is -1.18. The largest absolute Gasteiger partial charge is 0.544 e. The standard InChI is InChI=1S/C28H55NO6/c1-5-6-7-8-9-10-11-12-13-14-15-16-17-18-19-20-27(31)35-24-25(30)23-34-22-21-26(28(32)33)29(2,3)4/h25-26,30H,5-24H2,1-4H3/t25-,26?/m0/s1. The fourth-order valence-corrected chi connectivity index (χ4v) is 4.19. The first-order valence-corrected chi connectivity index (χ1v) is 14.1. The van der Waals surface area contributed by atoms with E-state index in [0.29, 0.717) is 6.42 Å². The molecule has 0 spiro atoms. The van der Waals surface area contributed by atoms with Gasteiger partial charge in [-0.3, -0.25) is 4.79 Å². The maximum absolute atomic E-state index is 11.8. The lowest BCUT2D eigenvalue weighted by Crippen LogP contribution is -2.55. The maximum Gasteiger partial charge on any atom is 0.305 e. The summed E-state index contributed by atoms with van der Waals surface area (Å²) in [5.41, 5.74) is 0. The average Bonchev–Trinajstić information content (AvgIpc) is 2.79. The highest BCUT2D eigenvalue weighted by Crippen LogP contribution is 2.14. The van der Waals surface area contributed by atoms with Gasteiger partial charge in [0, 0.05) is 12.8 Å². The van der Waals surface area contributed by atoms with Crippen molar-refractivity contribution in [3.63, 3.8) is 0 Å². The number of aliphatic carboxylic acids is 1. The van der Waals surface area contributed by atoms with E-state index >= 15 is 0 Å². The molecule has 0 aliphatic heterocycles. The number of carboxylic acid groups (broad SMARTS) is 1. The number of carbonyl (C=O) groups excluding carboxylic acids is 2. The van der Waals surface area contributed by atoms with Gasteiger partial charge in [0.05, 0.1) is 40.3 Å². The van der Waals surface area contributed by atoms with Crippen molar-refractivity contribution in [1.29, 1.82) is 0 Å². The van der Waals surface area contributed by atoms with Gasteiger partial charge in [-0.1, -0.05) is 96.8 Å². The van der Waals surface area contributed by atoms with Gasteiger partial charge in [-0.25, -0.2) is 0 Å².